The van der Waals surface area contributed by atoms with E-state index in [4.69, 9.17) is 4.74 Å². The Hall–Kier alpha value is -4.52. The monoisotopic (exact) mass is 540 g/mol. The number of benzene rings is 1. The number of hydrogen-bond acceptors (Lipinski definition) is 9. The Morgan fingerprint density at radius 2 is 1.82 bits per heavy atom. The second-order valence-electron chi connectivity index (χ2n) is 8.51. The Morgan fingerprint density at radius 3 is 2.41 bits per heavy atom. The Balaban J connectivity index is 1.65. The minimum atomic E-state index is -4.46. The number of ether oxygens (including phenoxy) is 1. The van der Waals surface area contributed by atoms with Crippen LogP contribution in [0.15, 0.2) is 55.1 Å². The Labute approximate surface area is 222 Å². The van der Waals surface area contributed by atoms with E-state index >= 15 is 0 Å². The molecule has 0 bridgehead atoms. The molecule has 3 aromatic heterocycles. The van der Waals surface area contributed by atoms with Crippen LogP contribution in [0, 0.1) is 0 Å². The molecule has 1 aromatic carbocycles. The fourth-order valence-corrected chi connectivity index (χ4v) is 3.98. The number of hydrogen-bond donors (Lipinski definition) is 3. The van der Waals surface area contributed by atoms with Crippen molar-refractivity contribution in [1.29, 1.82) is 0 Å². The van der Waals surface area contributed by atoms with E-state index in [0.29, 0.717) is 39.9 Å². The van der Waals surface area contributed by atoms with Gasteiger partial charge in [-0.3, -0.25) is 9.48 Å². The molecule has 3 heterocycles. The number of nitrogens with zero attached hydrogens (tertiary/aromatic N) is 5. The minimum absolute atomic E-state index is 0.0240. The Bertz CT molecular complexity index is 1450. The normalized spacial score (nSPS) is 12.2. The first kappa shape index (κ1) is 27.5. The summed E-state index contributed by atoms with van der Waals surface area (Å²) in [5.74, 6) is 1.43. The largest absolute Gasteiger partial charge is 0.494 e. The number of pyridine rings is 2. The third-order valence-corrected chi connectivity index (χ3v) is 5.85. The molecule has 4 aromatic rings. The summed E-state index contributed by atoms with van der Waals surface area (Å²) in [5.41, 5.74) is 2.01. The highest BCUT2D eigenvalue weighted by Gasteiger charge is 2.39. The van der Waals surface area contributed by atoms with Crippen LogP contribution in [-0.2, 0) is 7.05 Å². The third-order valence-electron chi connectivity index (χ3n) is 5.85. The molecular weight excluding hydrogens is 513 g/mol. The van der Waals surface area contributed by atoms with Crippen LogP contribution in [-0.4, -0.2) is 50.8 Å². The molecule has 1 atom stereocenters. The first-order valence-corrected chi connectivity index (χ1v) is 11.9. The van der Waals surface area contributed by atoms with E-state index in [1.807, 2.05) is 12.1 Å². The van der Waals surface area contributed by atoms with Gasteiger partial charge in [0.15, 0.2) is 17.4 Å². The van der Waals surface area contributed by atoms with Gasteiger partial charge in [0, 0.05) is 31.9 Å². The molecule has 0 amide bonds. The molecule has 0 saturated carbocycles. The maximum atomic E-state index is 13.2. The molecule has 39 heavy (non-hydrogen) atoms. The SMILES string of the molecule is CCC(=O)c1cnc(Nc2ccc(C(NC)C(F)(F)F)cn2)cc1Nc1cccc(-c2ncn(C)n2)c1OC. The van der Waals surface area contributed by atoms with Gasteiger partial charge in [-0.1, -0.05) is 19.1 Å². The molecule has 0 fully saturated rings. The third kappa shape index (κ3) is 6.14. The molecule has 0 radical (unpaired) electrons. The molecule has 204 valence electrons. The van der Waals surface area contributed by atoms with Crippen molar-refractivity contribution in [3.8, 4) is 17.1 Å². The lowest BCUT2D eigenvalue weighted by molar-refractivity contribution is -0.156. The van der Waals surface area contributed by atoms with Crippen LogP contribution in [0.2, 0.25) is 0 Å². The number of anilines is 4. The molecule has 4 rings (SSSR count). The van der Waals surface area contributed by atoms with Crippen LogP contribution in [0.3, 0.4) is 0 Å². The predicted molar refractivity (Wildman–Crippen MR) is 141 cm³/mol. The average molecular weight is 541 g/mol. The number of rotatable bonds is 10. The summed E-state index contributed by atoms with van der Waals surface area (Å²) in [6, 6.07) is 7.97. The molecule has 0 aliphatic rings. The summed E-state index contributed by atoms with van der Waals surface area (Å²) in [7, 11) is 4.52. The summed E-state index contributed by atoms with van der Waals surface area (Å²) >= 11 is 0. The number of nitrogens with one attached hydrogen (secondary N) is 3. The van der Waals surface area contributed by atoms with Crippen molar-refractivity contribution in [2.45, 2.75) is 25.6 Å². The van der Waals surface area contributed by atoms with Gasteiger partial charge in [-0.15, -0.1) is 0 Å². The van der Waals surface area contributed by atoms with E-state index < -0.39 is 12.2 Å². The van der Waals surface area contributed by atoms with Crippen molar-refractivity contribution in [1.82, 2.24) is 30.0 Å². The molecule has 0 spiro atoms. The van der Waals surface area contributed by atoms with Crippen LogP contribution < -0.4 is 20.7 Å². The van der Waals surface area contributed by atoms with E-state index in [9.17, 15) is 18.0 Å². The highest BCUT2D eigenvalue weighted by molar-refractivity contribution is 6.02. The van der Waals surface area contributed by atoms with Crippen molar-refractivity contribution in [2.24, 2.45) is 7.05 Å². The molecule has 13 heteroatoms. The van der Waals surface area contributed by atoms with Gasteiger partial charge >= 0.3 is 6.18 Å². The van der Waals surface area contributed by atoms with Gasteiger partial charge in [-0.25, -0.2) is 15.0 Å². The number of carbonyl (C=O) groups excluding carboxylic acids is 1. The number of Topliss-reactive ketones (excluding diaryl/α,β-unsaturated/α-hetero) is 1. The average Bonchev–Trinajstić information content (AvgIpc) is 3.35. The van der Waals surface area contributed by atoms with Crippen molar-refractivity contribution >= 4 is 28.8 Å². The zero-order valence-corrected chi connectivity index (χ0v) is 21.7. The van der Waals surface area contributed by atoms with E-state index in [0.717, 1.165) is 6.20 Å². The highest BCUT2D eigenvalue weighted by Crippen LogP contribution is 2.38. The molecule has 0 aliphatic heterocycles. The van der Waals surface area contributed by atoms with Crippen molar-refractivity contribution in [3.05, 3.63) is 66.2 Å². The molecule has 0 saturated heterocycles. The summed E-state index contributed by atoms with van der Waals surface area (Å²) in [4.78, 5) is 25.4. The first-order valence-electron chi connectivity index (χ1n) is 11.9. The summed E-state index contributed by atoms with van der Waals surface area (Å²) in [6.45, 7) is 1.75. The Morgan fingerprint density at radius 1 is 1.05 bits per heavy atom. The zero-order valence-electron chi connectivity index (χ0n) is 21.7. The number of carbonyl (C=O) groups is 1. The fraction of sp³-hybridized carbons (Fsp3) is 0.269. The maximum absolute atomic E-state index is 13.2. The van der Waals surface area contributed by atoms with Gasteiger partial charge in [0.25, 0.3) is 0 Å². The number of alkyl halides is 3. The number of aromatic nitrogens is 5. The lowest BCUT2D eigenvalue weighted by atomic mass is 10.1. The van der Waals surface area contributed by atoms with E-state index in [2.05, 4.69) is 36.0 Å². The van der Waals surface area contributed by atoms with E-state index in [-0.39, 0.29) is 23.6 Å². The highest BCUT2D eigenvalue weighted by atomic mass is 19.4. The van der Waals surface area contributed by atoms with E-state index in [1.54, 1.807) is 37.1 Å². The number of ketones is 1. The summed E-state index contributed by atoms with van der Waals surface area (Å²) in [6.07, 6.45) is -0.0428. The maximum Gasteiger partial charge on any atom is 0.407 e. The quantitative estimate of drug-likeness (QED) is 0.234. The van der Waals surface area contributed by atoms with Crippen LogP contribution in [0.25, 0.3) is 11.4 Å². The standard InChI is InChI=1S/C26H27F3N8O2/c1-5-20(38)17-13-32-22(35-21-10-9-15(12-31-21)24(30-2)26(27,28)29)11-19(17)34-18-8-6-7-16(23(18)39-4)25-33-14-37(3)36-25/h6-14,24,30H,5H2,1-4H3,(H2,31,32,34,35). The van der Waals surface area contributed by atoms with Crippen molar-refractivity contribution in [3.63, 3.8) is 0 Å². The fourth-order valence-electron chi connectivity index (χ4n) is 3.98. The zero-order chi connectivity index (χ0) is 28.2. The second kappa shape index (κ2) is 11.5. The first-order chi connectivity index (χ1) is 18.6. The molecule has 1 unspecified atom stereocenters. The summed E-state index contributed by atoms with van der Waals surface area (Å²) in [5, 5.41) is 12.8. The number of aryl methyl sites for hydroxylation is 1. The van der Waals surface area contributed by atoms with Gasteiger partial charge in [0.1, 0.15) is 24.0 Å². The molecule has 0 aliphatic carbocycles. The second-order valence-corrected chi connectivity index (χ2v) is 8.51. The topological polar surface area (TPSA) is 119 Å². The van der Waals surface area contributed by atoms with Crippen molar-refractivity contribution < 1.29 is 22.7 Å². The van der Waals surface area contributed by atoms with Gasteiger partial charge in [0.2, 0.25) is 0 Å². The smallest absolute Gasteiger partial charge is 0.407 e. The van der Waals surface area contributed by atoms with Gasteiger partial charge < -0.3 is 20.7 Å². The van der Waals surface area contributed by atoms with Gasteiger partial charge in [-0.05, 0) is 30.8 Å². The lowest BCUT2D eigenvalue weighted by Gasteiger charge is -2.20. The molecular formula is C26H27F3N8O2. The minimum Gasteiger partial charge on any atom is -0.494 e. The number of methoxy groups -OCH3 is 1. The number of para-hydroxylation sites is 1. The predicted octanol–water partition coefficient (Wildman–Crippen LogP) is 5.18. The molecule has 10 nitrogen and oxygen atoms in total. The van der Waals surface area contributed by atoms with Gasteiger partial charge in [-0.2, -0.15) is 18.3 Å². The van der Waals surface area contributed by atoms with Crippen LogP contribution in [0.1, 0.15) is 35.3 Å². The summed E-state index contributed by atoms with van der Waals surface area (Å²) < 4.78 is 46.9. The van der Waals surface area contributed by atoms with Crippen LogP contribution in [0.4, 0.5) is 36.2 Å². The number of halogens is 3. The lowest BCUT2D eigenvalue weighted by Crippen LogP contribution is -2.31. The van der Waals surface area contributed by atoms with Crippen molar-refractivity contribution in [2.75, 3.05) is 24.8 Å². The Kier molecular flexibility index (Phi) is 8.10. The van der Waals surface area contributed by atoms with Crippen LogP contribution in [0.5, 0.6) is 5.75 Å². The van der Waals surface area contributed by atoms with Gasteiger partial charge in [0.05, 0.1) is 29.6 Å². The van der Waals surface area contributed by atoms with E-state index in [1.165, 1.54) is 32.5 Å². The molecule has 3 N–H and O–H groups in total. The van der Waals surface area contributed by atoms with Crippen LogP contribution >= 0.6 is 0 Å².